The summed E-state index contributed by atoms with van der Waals surface area (Å²) in [6.07, 6.45) is 11.1. The van der Waals surface area contributed by atoms with E-state index in [9.17, 15) is 18.0 Å². The third kappa shape index (κ3) is 9.72. The number of carbonyl (C=O) groups excluding carboxylic acids is 2. The second kappa shape index (κ2) is 17.3. The van der Waals surface area contributed by atoms with Gasteiger partial charge in [0.1, 0.15) is 6.04 Å². The van der Waals surface area contributed by atoms with Gasteiger partial charge in [-0.2, -0.15) is 0 Å². The number of likely N-dealkylation sites (N-methyl/N-ethyl adjacent to an activating group) is 1. The molecule has 1 aliphatic heterocycles. The van der Waals surface area contributed by atoms with Crippen LogP contribution in [-0.4, -0.2) is 62.5 Å². The van der Waals surface area contributed by atoms with E-state index in [0.717, 1.165) is 24.8 Å². The molecular formula is C33H50N4O5S. The number of amides is 2. The van der Waals surface area contributed by atoms with Crippen LogP contribution in [-0.2, 0) is 31.0 Å². The second-order valence-electron chi connectivity index (χ2n) is 10.7. The van der Waals surface area contributed by atoms with Crippen LogP contribution in [0.5, 0.6) is 0 Å². The molecule has 1 aromatic rings. The van der Waals surface area contributed by atoms with Gasteiger partial charge >= 0.3 is 0 Å². The van der Waals surface area contributed by atoms with Gasteiger partial charge in [-0.05, 0) is 50.3 Å². The maximum Gasteiger partial charge on any atom is 0.247 e. The van der Waals surface area contributed by atoms with E-state index in [4.69, 9.17) is 10.5 Å². The first-order valence-corrected chi connectivity index (χ1v) is 16.8. The lowest BCUT2D eigenvalue weighted by molar-refractivity contribution is -0.138. The molecule has 0 saturated heterocycles. The number of hydrogen-bond acceptors (Lipinski definition) is 6. The number of hydrogen-bond donors (Lipinski definition) is 3. The average Bonchev–Trinajstić information content (AvgIpc) is 3.21. The molecule has 1 saturated carbocycles. The number of allylic oxidation sites excluding steroid dienone is 5. The van der Waals surface area contributed by atoms with E-state index in [1.807, 2.05) is 64.1 Å². The van der Waals surface area contributed by atoms with Crippen molar-refractivity contribution in [3.8, 4) is 0 Å². The van der Waals surface area contributed by atoms with Gasteiger partial charge < -0.3 is 20.7 Å². The largest absolute Gasteiger partial charge is 0.374 e. The highest BCUT2D eigenvalue weighted by molar-refractivity contribution is 7.94. The molecule has 2 atom stereocenters. The van der Waals surface area contributed by atoms with Crippen LogP contribution < -0.4 is 15.8 Å². The molecule has 3 rings (SSSR count). The SMILES string of the molecule is C=C(/C=C\C=C/C)C1=C(CN(CC)C(=O)[C@@H](COCc2ccccc2)NC(=O)C(C)N)C2(CCCCC2)NS1(=O)=O.CC. The number of benzene rings is 1. The molecule has 43 heavy (non-hydrogen) atoms. The number of sulfonamides is 1. The number of nitrogens with one attached hydrogen (secondary N) is 2. The molecule has 4 N–H and O–H groups in total. The summed E-state index contributed by atoms with van der Waals surface area (Å²) < 4.78 is 35.8. The van der Waals surface area contributed by atoms with Crippen LogP contribution in [0.1, 0.15) is 72.3 Å². The summed E-state index contributed by atoms with van der Waals surface area (Å²) in [6.45, 7) is 13.9. The Balaban J connectivity index is 0.00000316. The Kier molecular flexibility index (Phi) is 14.5. The van der Waals surface area contributed by atoms with Gasteiger partial charge in [0.25, 0.3) is 0 Å². The fourth-order valence-electron chi connectivity index (χ4n) is 5.36. The molecule has 1 heterocycles. The topological polar surface area (TPSA) is 131 Å². The van der Waals surface area contributed by atoms with Crippen molar-refractivity contribution in [2.24, 2.45) is 5.73 Å². The Morgan fingerprint density at radius 3 is 2.40 bits per heavy atom. The van der Waals surface area contributed by atoms with Crippen molar-refractivity contribution in [2.75, 3.05) is 19.7 Å². The molecule has 1 aliphatic carbocycles. The van der Waals surface area contributed by atoms with Crippen LogP contribution in [0.15, 0.2) is 77.3 Å². The fourth-order valence-corrected chi connectivity index (χ4v) is 7.30. The van der Waals surface area contributed by atoms with E-state index in [0.29, 0.717) is 30.5 Å². The maximum absolute atomic E-state index is 13.9. The van der Waals surface area contributed by atoms with E-state index in [2.05, 4.69) is 16.6 Å². The molecule has 1 fully saturated rings. The highest BCUT2D eigenvalue weighted by Crippen LogP contribution is 2.44. The van der Waals surface area contributed by atoms with Crippen molar-refractivity contribution < 1.29 is 22.7 Å². The summed E-state index contributed by atoms with van der Waals surface area (Å²) >= 11 is 0. The molecule has 9 nitrogen and oxygen atoms in total. The summed E-state index contributed by atoms with van der Waals surface area (Å²) in [5.74, 6) is -0.842. The minimum absolute atomic E-state index is 0.0604. The van der Waals surface area contributed by atoms with Crippen molar-refractivity contribution in [1.29, 1.82) is 0 Å². The predicted molar refractivity (Wildman–Crippen MR) is 173 cm³/mol. The molecule has 1 unspecified atom stereocenters. The average molecular weight is 615 g/mol. The zero-order valence-corrected chi connectivity index (χ0v) is 27.2. The first-order chi connectivity index (χ1) is 20.5. The Hall–Kier alpha value is -3.05. The molecule has 0 radical (unpaired) electrons. The van der Waals surface area contributed by atoms with Crippen molar-refractivity contribution in [3.05, 3.63) is 82.8 Å². The number of ether oxygens (including phenoxy) is 1. The van der Waals surface area contributed by atoms with Crippen molar-refractivity contribution in [3.63, 3.8) is 0 Å². The highest BCUT2D eigenvalue weighted by Gasteiger charge is 2.49. The van der Waals surface area contributed by atoms with Gasteiger partial charge in [-0.1, -0.05) is 94.3 Å². The van der Waals surface area contributed by atoms with Crippen LogP contribution in [0.3, 0.4) is 0 Å². The normalized spacial score (nSPS) is 18.7. The van der Waals surface area contributed by atoms with Gasteiger partial charge in [-0.3, -0.25) is 9.59 Å². The maximum atomic E-state index is 13.9. The van der Waals surface area contributed by atoms with Crippen LogP contribution in [0.2, 0.25) is 0 Å². The van der Waals surface area contributed by atoms with Crippen LogP contribution >= 0.6 is 0 Å². The third-order valence-electron chi connectivity index (χ3n) is 7.52. The van der Waals surface area contributed by atoms with Crippen molar-refractivity contribution in [1.82, 2.24) is 14.9 Å². The Morgan fingerprint density at radius 1 is 1.16 bits per heavy atom. The molecule has 2 aliphatic rings. The smallest absolute Gasteiger partial charge is 0.247 e. The third-order valence-corrected chi connectivity index (χ3v) is 9.22. The minimum Gasteiger partial charge on any atom is -0.374 e. The summed E-state index contributed by atoms with van der Waals surface area (Å²) in [5.41, 5.74) is 6.96. The van der Waals surface area contributed by atoms with Gasteiger partial charge in [-0.15, -0.1) is 0 Å². The van der Waals surface area contributed by atoms with E-state index < -0.39 is 33.6 Å². The Morgan fingerprint density at radius 2 is 1.81 bits per heavy atom. The highest BCUT2D eigenvalue weighted by atomic mass is 32.2. The molecular weight excluding hydrogens is 564 g/mol. The van der Waals surface area contributed by atoms with E-state index >= 15 is 0 Å². The number of nitrogens with two attached hydrogens (primary N) is 1. The lowest BCUT2D eigenvalue weighted by atomic mass is 9.76. The summed E-state index contributed by atoms with van der Waals surface area (Å²) in [7, 11) is -3.85. The lowest BCUT2D eigenvalue weighted by Gasteiger charge is -2.38. The first kappa shape index (κ1) is 36.1. The molecule has 10 heteroatoms. The molecule has 1 aromatic carbocycles. The molecule has 1 spiro atoms. The number of rotatable bonds is 13. The zero-order valence-electron chi connectivity index (χ0n) is 26.4. The lowest BCUT2D eigenvalue weighted by Crippen LogP contribution is -2.55. The standard InChI is InChI=1S/C31H44N4O5S.C2H6/c1-5-7-10-15-23(3)28-26(31(34-41(28,38)39)18-13-9-14-19-31)20-35(6-2)30(37)27(33-29(36)24(4)32)22-40-21-25-16-11-8-12-17-25;1-2/h5,7-8,10-12,15-17,24,27,34H,3,6,9,13-14,18-22,32H2,1-2,4H3,(H,33,36);1-2H3/b7-5-,15-10-;/t24?,27-;/m1./s1. The molecule has 2 amide bonds. The summed E-state index contributed by atoms with van der Waals surface area (Å²) in [5, 5.41) is 2.73. The minimum atomic E-state index is -3.85. The monoisotopic (exact) mass is 614 g/mol. The van der Waals surface area contributed by atoms with Crippen molar-refractivity contribution >= 4 is 21.8 Å². The van der Waals surface area contributed by atoms with E-state index in [1.165, 1.54) is 0 Å². The zero-order chi connectivity index (χ0) is 32.0. The first-order valence-electron chi connectivity index (χ1n) is 15.3. The summed E-state index contributed by atoms with van der Waals surface area (Å²) in [4.78, 5) is 28.2. The molecule has 0 aromatic heterocycles. The number of nitrogens with zero attached hydrogens (tertiary/aromatic N) is 1. The number of carbonyl (C=O) groups is 2. The van der Waals surface area contributed by atoms with Crippen molar-refractivity contribution in [2.45, 2.75) is 91.0 Å². The summed E-state index contributed by atoms with van der Waals surface area (Å²) in [6, 6.07) is 7.73. The van der Waals surface area contributed by atoms with E-state index in [-0.39, 0.29) is 30.6 Å². The van der Waals surface area contributed by atoms with E-state index in [1.54, 1.807) is 30.1 Å². The van der Waals surface area contributed by atoms with Crippen LogP contribution in [0.4, 0.5) is 0 Å². The Labute approximate surface area is 258 Å². The van der Waals surface area contributed by atoms with Gasteiger partial charge in [0.15, 0.2) is 0 Å². The van der Waals surface area contributed by atoms with Crippen LogP contribution in [0.25, 0.3) is 0 Å². The molecule has 238 valence electrons. The fraction of sp³-hybridized carbons (Fsp3) is 0.515. The van der Waals surface area contributed by atoms with Crippen LogP contribution in [0, 0.1) is 0 Å². The second-order valence-corrected chi connectivity index (χ2v) is 12.3. The van der Waals surface area contributed by atoms with Gasteiger partial charge in [0.2, 0.25) is 21.8 Å². The molecule has 0 bridgehead atoms. The van der Waals surface area contributed by atoms with Gasteiger partial charge in [-0.25, -0.2) is 13.1 Å². The van der Waals surface area contributed by atoms with Gasteiger partial charge in [0.05, 0.1) is 29.7 Å². The van der Waals surface area contributed by atoms with Gasteiger partial charge in [0, 0.05) is 13.1 Å². The predicted octanol–water partition coefficient (Wildman–Crippen LogP) is 4.49. The Bertz CT molecular complexity index is 1280. The quantitative estimate of drug-likeness (QED) is 0.281.